The van der Waals surface area contributed by atoms with E-state index < -0.39 is 11.1 Å². The predicted octanol–water partition coefficient (Wildman–Crippen LogP) is 4.35. The SMILES string of the molecule is CCC(F)CNc1ncc(-c2cccc([N+](=O)[O-])n2)c(NC2CCCCC2)n1. The molecule has 28 heavy (non-hydrogen) atoms. The van der Waals surface area contributed by atoms with Crippen LogP contribution in [0.2, 0.25) is 0 Å². The van der Waals surface area contributed by atoms with Gasteiger partial charge in [0.1, 0.15) is 12.0 Å². The Labute approximate surface area is 163 Å². The standard InChI is InChI=1S/C19H25FN6O2/c1-2-13(20)11-21-19-22-12-15(16-9-6-10-17(24-16)26(27)28)18(25-19)23-14-7-4-3-5-8-14/h6,9-10,12-14H,2-5,7-8,11H2,1H3,(H2,21,22,23,25). The topological polar surface area (TPSA) is 106 Å². The van der Waals surface area contributed by atoms with Crippen LogP contribution in [0.25, 0.3) is 11.3 Å². The fraction of sp³-hybridized carbons (Fsp3) is 0.526. The molecule has 9 heteroatoms. The number of alkyl halides is 1. The van der Waals surface area contributed by atoms with Crippen molar-refractivity contribution in [1.29, 1.82) is 0 Å². The molecule has 0 spiro atoms. The molecule has 3 rings (SSSR count). The van der Waals surface area contributed by atoms with E-state index >= 15 is 0 Å². The zero-order chi connectivity index (χ0) is 19.9. The molecule has 2 aromatic heterocycles. The Balaban J connectivity index is 1.90. The van der Waals surface area contributed by atoms with Crippen molar-refractivity contribution in [3.05, 3.63) is 34.5 Å². The van der Waals surface area contributed by atoms with Crippen LogP contribution >= 0.6 is 0 Å². The smallest absolute Gasteiger partial charge is 0.364 e. The molecule has 2 aromatic rings. The molecule has 0 bridgehead atoms. The summed E-state index contributed by atoms with van der Waals surface area (Å²) in [5, 5.41) is 17.4. The van der Waals surface area contributed by atoms with E-state index in [1.807, 2.05) is 0 Å². The van der Waals surface area contributed by atoms with E-state index in [1.165, 1.54) is 12.5 Å². The summed E-state index contributed by atoms with van der Waals surface area (Å²) < 4.78 is 13.5. The summed E-state index contributed by atoms with van der Waals surface area (Å²) in [5.41, 5.74) is 1.02. The van der Waals surface area contributed by atoms with Gasteiger partial charge in [0.05, 0.1) is 5.56 Å². The van der Waals surface area contributed by atoms with E-state index in [0.29, 0.717) is 29.4 Å². The molecule has 150 valence electrons. The maximum absolute atomic E-state index is 13.5. The largest absolute Gasteiger partial charge is 0.367 e. The van der Waals surface area contributed by atoms with Crippen LogP contribution in [0.5, 0.6) is 0 Å². The summed E-state index contributed by atoms with van der Waals surface area (Å²) in [6.07, 6.45) is 6.62. The average molecular weight is 388 g/mol. The van der Waals surface area contributed by atoms with Gasteiger partial charge in [-0.3, -0.25) is 0 Å². The van der Waals surface area contributed by atoms with Crippen LogP contribution in [-0.2, 0) is 0 Å². The molecule has 0 aliphatic heterocycles. The van der Waals surface area contributed by atoms with Gasteiger partial charge >= 0.3 is 5.82 Å². The van der Waals surface area contributed by atoms with Crippen LogP contribution in [0.15, 0.2) is 24.4 Å². The van der Waals surface area contributed by atoms with Gasteiger partial charge in [0.25, 0.3) is 0 Å². The lowest BCUT2D eigenvalue weighted by atomic mass is 9.95. The molecule has 1 unspecified atom stereocenters. The fourth-order valence-corrected chi connectivity index (χ4v) is 3.23. The molecule has 1 saturated carbocycles. The molecule has 0 radical (unpaired) electrons. The highest BCUT2D eigenvalue weighted by Gasteiger charge is 2.21. The van der Waals surface area contributed by atoms with Gasteiger partial charge in [0.15, 0.2) is 5.69 Å². The van der Waals surface area contributed by atoms with E-state index in [2.05, 4.69) is 25.6 Å². The molecule has 0 aromatic carbocycles. The van der Waals surface area contributed by atoms with E-state index in [9.17, 15) is 14.5 Å². The summed E-state index contributed by atoms with van der Waals surface area (Å²) >= 11 is 0. The van der Waals surface area contributed by atoms with Crippen LogP contribution in [0.4, 0.5) is 22.0 Å². The first-order valence-electron chi connectivity index (χ1n) is 9.70. The zero-order valence-corrected chi connectivity index (χ0v) is 15.9. The van der Waals surface area contributed by atoms with Gasteiger partial charge in [-0.1, -0.05) is 26.2 Å². The van der Waals surface area contributed by atoms with Gasteiger partial charge in [-0.15, -0.1) is 0 Å². The summed E-state index contributed by atoms with van der Waals surface area (Å²) in [7, 11) is 0. The highest BCUT2D eigenvalue weighted by atomic mass is 19.1. The van der Waals surface area contributed by atoms with Crippen LogP contribution in [0.1, 0.15) is 45.4 Å². The van der Waals surface area contributed by atoms with E-state index in [-0.39, 0.29) is 18.4 Å². The molecule has 1 aliphatic carbocycles. The van der Waals surface area contributed by atoms with Crippen LogP contribution < -0.4 is 10.6 Å². The van der Waals surface area contributed by atoms with Gasteiger partial charge in [-0.2, -0.15) is 4.98 Å². The highest BCUT2D eigenvalue weighted by Crippen LogP contribution is 2.29. The van der Waals surface area contributed by atoms with E-state index in [4.69, 9.17) is 0 Å². The van der Waals surface area contributed by atoms with Crippen molar-refractivity contribution < 1.29 is 9.31 Å². The number of hydrogen-bond donors (Lipinski definition) is 2. The van der Waals surface area contributed by atoms with Gasteiger partial charge in [-0.25, -0.2) is 9.37 Å². The minimum absolute atomic E-state index is 0.133. The van der Waals surface area contributed by atoms with Crippen LogP contribution in [-0.4, -0.2) is 38.6 Å². The maximum atomic E-state index is 13.5. The normalized spacial score (nSPS) is 15.8. The first-order valence-corrected chi connectivity index (χ1v) is 9.70. The molecular formula is C19H25FN6O2. The van der Waals surface area contributed by atoms with Gasteiger partial charge < -0.3 is 20.7 Å². The van der Waals surface area contributed by atoms with Crippen molar-refractivity contribution in [3.63, 3.8) is 0 Å². The first kappa shape index (κ1) is 19.9. The number of nitrogens with one attached hydrogen (secondary N) is 2. The third-order valence-electron chi connectivity index (χ3n) is 4.86. The molecule has 0 amide bonds. The Morgan fingerprint density at radius 1 is 1.29 bits per heavy atom. The molecule has 0 saturated heterocycles. The number of halogens is 1. The lowest BCUT2D eigenvalue weighted by molar-refractivity contribution is -0.389. The minimum Gasteiger partial charge on any atom is -0.367 e. The van der Waals surface area contributed by atoms with Crippen molar-refractivity contribution in [3.8, 4) is 11.3 Å². The predicted molar refractivity (Wildman–Crippen MR) is 106 cm³/mol. The third-order valence-corrected chi connectivity index (χ3v) is 4.86. The number of nitrogens with zero attached hydrogens (tertiary/aromatic N) is 4. The number of pyridine rings is 1. The van der Waals surface area contributed by atoms with Crippen molar-refractivity contribution in [2.75, 3.05) is 17.2 Å². The molecule has 1 atom stereocenters. The summed E-state index contributed by atoms with van der Waals surface area (Å²) in [4.78, 5) is 23.4. The fourth-order valence-electron chi connectivity index (χ4n) is 3.23. The van der Waals surface area contributed by atoms with E-state index in [0.717, 1.165) is 25.7 Å². The lowest BCUT2D eigenvalue weighted by Crippen LogP contribution is -2.24. The maximum Gasteiger partial charge on any atom is 0.364 e. The zero-order valence-electron chi connectivity index (χ0n) is 15.9. The summed E-state index contributed by atoms with van der Waals surface area (Å²) in [6, 6.07) is 4.91. The molecule has 1 aliphatic rings. The quantitative estimate of drug-likeness (QED) is 0.511. The average Bonchev–Trinajstić information content (AvgIpc) is 2.73. The summed E-state index contributed by atoms with van der Waals surface area (Å²) in [5.74, 6) is 0.652. The molecule has 2 heterocycles. The van der Waals surface area contributed by atoms with Crippen molar-refractivity contribution >= 4 is 17.6 Å². The van der Waals surface area contributed by atoms with Crippen LogP contribution in [0, 0.1) is 10.1 Å². The van der Waals surface area contributed by atoms with E-state index in [1.54, 1.807) is 25.3 Å². The Kier molecular flexibility index (Phi) is 6.67. The number of nitro groups is 1. The van der Waals surface area contributed by atoms with Crippen molar-refractivity contribution in [1.82, 2.24) is 15.0 Å². The second-order valence-electron chi connectivity index (χ2n) is 6.96. The number of hydrogen-bond acceptors (Lipinski definition) is 7. The first-order chi connectivity index (χ1) is 13.6. The second kappa shape index (κ2) is 9.38. The molecule has 2 N–H and O–H groups in total. The van der Waals surface area contributed by atoms with Crippen molar-refractivity contribution in [2.24, 2.45) is 0 Å². The Hall–Kier alpha value is -2.84. The van der Waals surface area contributed by atoms with Crippen molar-refractivity contribution in [2.45, 2.75) is 57.7 Å². The molecular weight excluding hydrogens is 363 g/mol. The van der Waals surface area contributed by atoms with Gasteiger partial charge in [-0.05, 0) is 41.3 Å². The molecule has 8 nitrogen and oxygen atoms in total. The Bertz CT molecular complexity index is 813. The Morgan fingerprint density at radius 2 is 2.07 bits per heavy atom. The lowest BCUT2D eigenvalue weighted by Gasteiger charge is -2.24. The minimum atomic E-state index is -0.975. The number of anilines is 2. The van der Waals surface area contributed by atoms with Gasteiger partial charge in [0, 0.05) is 24.8 Å². The third kappa shape index (κ3) is 5.11. The number of rotatable bonds is 8. The van der Waals surface area contributed by atoms with Gasteiger partial charge in [0.2, 0.25) is 5.95 Å². The monoisotopic (exact) mass is 388 g/mol. The molecule has 1 fully saturated rings. The second-order valence-corrected chi connectivity index (χ2v) is 6.96. The highest BCUT2D eigenvalue weighted by molar-refractivity contribution is 5.73. The number of aromatic nitrogens is 3. The summed E-state index contributed by atoms with van der Waals surface area (Å²) in [6.45, 7) is 1.91. The Morgan fingerprint density at radius 3 is 2.79 bits per heavy atom. The van der Waals surface area contributed by atoms with Crippen LogP contribution in [0.3, 0.4) is 0 Å².